The number of halogens is 1. The van der Waals surface area contributed by atoms with E-state index in [-0.39, 0.29) is 36.2 Å². The number of amides is 2. The number of rotatable bonds is 7. The zero-order valence-electron chi connectivity index (χ0n) is 18.1. The highest BCUT2D eigenvalue weighted by Gasteiger charge is 2.39. The first-order chi connectivity index (χ1) is 15.0. The van der Waals surface area contributed by atoms with E-state index in [0.29, 0.717) is 25.4 Å². The summed E-state index contributed by atoms with van der Waals surface area (Å²) in [4.78, 5) is 29.0. The number of carbonyl (C=O) groups excluding carboxylic acids is 2. The molecule has 0 aromatic heterocycles. The highest BCUT2D eigenvalue weighted by Crippen LogP contribution is 2.41. The highest BCUT2D eigenvalue weighted by atomic mass is 19.1. The Balaban J connectivity index is 1.64. The van der Waals surface area contributed by atoms with Gasteiger partial charge < -0.3 is 14.5 Å². The average molecular weight is 425 g/mol. The first-order valence-corrected chi connectivity index (χ1v) is 11.1. The lowest BCUT2D eigenvalue weighted by Gasteiger charge is -2.38. The van der Waals surface area contributed by atoms with Crippen molar-refractivity contribution in [3.05, 3.63) is 65.0 Å². The van der Waals surface area contributed by atoms with Gasteiger partial charge in [-0.3, -0.25) is 9.59 Å². The standard InChI is InChI=1S/C25H29FN2O3/c1-3-27(4-2)23(29)16-31-21-11-10-17-12-13-28(25(30)18-8-9-18)24(22(17)15-21)19-6-5-7-20(26)14-19/h5-7,10-11,14-15,18,24H,3-4,8-9,12-13,16H2,1-2H3. The van der Waals surface area contributed by atoms with Crippen LogP contribution < -0.4 is 4.74 Å². The molecule has 4 rings (SSSR count). The number of hydrogen-bond donors (Lipinski definition) is 0. The Morgan fingerprint density at radius 1 is 1.13 bits per heavy atom. The van der Waals surface area contributed by atoms with Crippen LogP contribution in [0.5, 0.6) is 5.75 Å². The van der Waals surface area contributed by atoms with E-state index in [0.717, 1.165) is 36.0 Å². The summed E-state index contributed by atoms with van der Waals surface area (Å²) in [5.74, 6) is 0.434. The van der Waals surface area contributed by atoms with Crippen molar-refractivity contribution in [1.29, 1.82) is 0 Å². The van der Waals surface area contributed by atoms with Crippen LogP contribution in [0.25, 0.3) is 0 Å². The van der Waals surface area contributed by atoms with Gasteiger partial charge in [-0.25, -0.2) is 4.39 Å². The maximum Gasteiger partial charge on any atom is 0.260 e. The lowest BCUT2D eigenvalue weighted by atomic mass is 9.87. The number of ether oxygens (including phenoxy) is 1. The monoisotopic (exact) mass is 424 g/mol. The van der Waals surface area contributed by atoms with Crippen LogP contribution in [0.1, 0.15) is 49.4 Å². The smallest absolute Gasteiger partial charge is 0.260 e. The third kappa shape index (κ3) is 4.58. The molecule has 2 aromatic carbocycles. The van der Waals surface area contributed by atoms with Crippen molar-refractivity contribution < 1.29 is 18.7 Å². The molecule has 1 atom stereocenters. The first kappa shape index (κ1) is 21.3. The normalized spacial score (nSPS) is 17.8. The summed E-state index contributed by atoms with van der Waals surface area (Å²) in [6.45, 7) is 5.75. The van der Waals surface area contributed by atoms with Gasteiger partial charge in [0.2, 0.25) is 5.91 Å². The molecule has 0 radical (unpaired) electrons. The summed E-state index contributed by atoms with van der Waals surface area (Å²) in [5.41, 5.74) is 2.82. The van der Waals surface area contributed by atoms with Gasteiger partial charge in [0.25, 0.3) is 5.91 Å². The molecule has 5 nitrogen and oxygen atoms in total. The highest BCUT2D eigenvalue weighted by molar-refractivity contribution is 5.82. The largest absolute Gasteiger partial charge is 0.484 e. The predicted octanol–water partition coefficient (Wildman–Crippen LogP) is 3.96. The van der Waals surface area contributed by atoms with E-state index in [9.17, 15) is 14.0 Å². The Hall–Kier alpha value is -2.89. The number of nitrogens with zero attached hydrogens (tertiary/aromatic N) is 2. The molecule has 0 saturated heterocycles. The number of benzene rings is 2. The van der Waals surface area contributed by atoms with E-state index >= 15 is 0 Å². The zero-order chi connectivity index (χ0) is 22.0. The summed E-state index contributed by atoms with van der Waals surface area (Å²) >= 11 is 0. The topological polar surface area (TPSA) is 49.9 Å². The van der Waals surface area contributed by atoms with E-state index in [2.05, 4.69) is 0 Å². The molecule has 0 bridgehead atoms. The summed E-state index contributed by atoms with van der Waals surface area (Å²) in [6, 6.07) is 11.9. The number of hydrogen-bond acceptors (Lipinski definition) is 3. The average Bonchev–Trinajstić information content (AvgIpc) is 3.62. The third-order valence-corrected chi connectivity index (χ3v) is 6.20. The Morgan fingerprint density at radius 3 is 2.58 bits per heavy atom. The minimum atomic E-state index is -0.352. The van der Waals surface area contributed by atoms with Gasteiger partial charge in [0.05, 0.1) is 6.04 Å². The van der Waals surface area contributed by atoms with Crippen molar-refractivity contribution in [1.82, 2.24) is 9.80 Å². The van der Waals surface area contributed by atoms with Gasteiger partial charge in [-0.05, 0) is 74.1 Å². The maximum absolute atomic E-state index is 14.1. The minimum absolute atomic E-state index is 0.0319. The molecule has 0 spiro atoms. The molecular formula is C25H29FN2O3. The van der Waals surface area contributed by atoms with E-state index < -0.39 is 0 Å². The van der Waals surface area contributed by atoms with Crippen LogP contribution in [0.4, 0.5) is 4.39 Å². The van der Waals surface area contributed by atoms with Crippen LogP contribution in [0.3, 0.4) is 0 Å². The predicted molar refractivity (Wildman–Crippen MR) is 116 cm³/mol. The Kier molecular flexibility index (Phi) is 6.25. The van der Waals surface area contributed by atoms with Gasteiger partial charge in [0.1, 0.15) is 11.6 Å². The fourth-order valence-corrected chi connectivity index (χ4v) is 4.33. The Labute approximate surface area is 182 Å². The maximum atomic E-state index is 14.1. The molecule has 6 heteroatoms. The molecule has 2 amide bonds. The van der Waals surface area contributed by atoms with Gasteiger partial charge in [-0.1, -0.05) is 18.2 Å². The van der Waals surface area contributed by atoms with Gasteiger partial charge >= 0.3 is 0 Å². The van der Waals surface area contributed by atoms with Gasteiger partial charge in [-0.15, -0.1) is 0 Å². The number of likely N-dealkylation sites (N-methyl/N-ethyl adjacent to an activating group) is 1. The summed E-state index contributed by atoms with van der Waals surface area (Å²) in [6.07, 6.45) is 2.60. The molecule has 0 N–H and O–H groups in total. The Morgan fingerprint density at radius 2 is 1.90 bits per heavy atom. The van der Waals surface area contributed by atoms with Crippen LogP contribution in [-0.4, -0.2) is 47.9 Å². The third-order valence-electron chi connectivity index (χ3n) is 6.20. The second-order valence-corrected chi connectivity index (χ2v) is 8.23. The first-order valence-electron chi connectivity index (χ1n) is 11.1. The van der Waals surface area contributed by atoms with Crippen molar-refractivity contribution in [2.24, 2.45) is 5.92 Å². The minimum Gasteiger partial charge on any atom is -0.484 e. The molecular weight excluding hydrogens is 395 g/mol. The van der Waals surface area contributed by atoms with E-state index in [1.165, 1.54) is 12.1 Å². The van der Waals surface area contributed by atoms with E-state index in [1.807, 2.05) is 43.0 Å². The van der Waals surface area contributed by atoms with Crippen molar-refractivity contribution in [3.63, 3.8) is 0 Å². The molecule has 1 saturated carbocycles. The quantitative estimate of drug-likeness (QED) is 0.676. The van der Waals surface area contributed by atoms with Crippen LogP contribution in [0.2, 0.25) is 0 Å². The lowest BCUT2D eigenvalue weighted by molar-refractivity contribution is -0.134. The fraction of sp³-hybridized carbons (Fsp3) is 0.440. The summed E-state index contributed by atoms with van der Waals surface area (Å²) in [7, 11) is 0. The molecule has 1 heterocycles. The molecule has 31 heavy (non-hydrogen) atoms. The SMILES string of the molecule is CCN(CC)C(=O)COc1ccc2c(c1)C(c1cccc(F)c1)N(C(=O)C1CC1)CC2. The molecule has 2 aliphatic rings. The van der Waals surface area contributed by atoms with Gasteiger partial charge in [-0.2, -0.15) is 0 Å². The Bertz CT molecular complexity index is 969. The number of fused-ring (bicyclic) bond motifs is 1. The second kappa shape index (κ2) is 9.08. The molecule has 1 fully saturated rings. The van der Waals surface area contributed by atoms with Crippen LogP contribution in [0.15, 0.2) is 42.5 Å². The van der Waals surface area contributed by atoms with E-state index in [1.54, 1.807) is 11.0 Å². The summed E-state index contributed by atoms with van der Waals surface area (Å²) < 4.78 is 19.9. The summed E-state index contributed by atoms with van der Waals surface area (Å²) in [5, 5.41) is 0. The van der Waals surface area contributed by atoms with Crippen LogP contribution >= 0.6 is 0 Å². The van der Waals surface area contributed by atoms with Gasteiger partial charge in [0.15, 0.2) is 6.61 Å². The molecule has 164 valence electrons. The van der Waals surface area contributed by atoms with Crippen molar-refractivity contribution in [2.45, 2.75) is 39.2 Å². The van der Waals surface area contributed by atoms with Crippen molar-refractivity contribution >= 4 is 11.8 Å². The fourth-order valence-electron chi connectivity index (χ4n) is 4.33. The lowest BCUT2D eigenvalue weighted by Crippen LogP contribution is -2.41. The molecule has 1 unspecified atom stereocenters. The van der Waals surface area contributed by atoms with E-state index in [4.69, 9.17) is 4.74 Å². The van der Waals surface area contributed by atoms with Crippen LogP contribution in [0, 0.1) is 11.7 Å². The van der Waals surface area contributed by atoms with Crippen LogP contribution in [-0.2, 0) is 16.0 Å². The van der Waals surface area contributed by atoms with Crippen molar-refractivity contribution in [2.75, 3.05) is 26.2 Å². The second-order valence-electron chi connectivity index (χ2n) is 8.23. The molecule has 1 aliphatic carbocycles. The molecule has 1 aliphatic heterocycles. The van der Waals surface area contributed by atoms with Gasteiger partial charge in [0, 0.05) is 25.6 Å². The zero-order valence-corrected chi connectivity index (χ0v) is 18.1. The van der Waals surface area contributed by atoms with Crippen molar-refractivity contribution in [3.8, 4) is 5.75 Å². The number of carbonyl (C=O) groups is 2. The molecule has 2 aromatic rings.